The van der Waals surface area contributed by atoms with Crippen molar-refractivity contribution in [3.63, 3.8) is 0 Å². The summed E-state index contributed by atoms with van der Waals surface area (Å²) in [6.45, 7) is 2.59. The molecule has 4 nitrogen and oxygen atoms in total. The van der Waals surface area contributed by atoms with Crippen LogP contribution in [-0.2, 0) is 16.1 Å². The van der Waals surface area contributed by atoms with Gasteiger partial charge < -0.3 is 19.7 Å². The van der Waals surface area contributed by atoms with Crippen LogP contribution in [0.2, 0.25) is 0 Å². The van der Waals surface area contributed by atoms with Gasteiger partial charge in [0.05, 0.1) is 26.4 Å². The Bertz CT molecular complexity index is 284. The van der Waals surface area contributed by atoms with Crippen LogP contribution in [0.5, 0.6) is 0 Å². The van der Waals surface area contributed by atoms with Gasteiger partial charge in [0.2, 0.25) is 0 Å². The van der Waals surface area contributed by atoms with Crippen LogP contribution >= 0.6 is 0 Å². The van der Waals surface area contributed by atoms with E-state index in [0.717, 1.165) is 5.56 Å². The summed E-state index contributed by atoms with van der Waals surface area (Å²) in [5.41, 5.74) is 2.26. The van der Waals surface area contributed by atoms with E-state index in [1.807, 2.05) is 31.2 Å². The van der Waals surface area contributed by atoms with E-state index in [4.69, 9.17) is 14.6 Å². The Labute approximate surface area is 95.4 Å². The lowest BCUT2D eigenvalue weighted by atomic mass is 10.2. The predicted octanol–water partition coefficient (Wildman–Crippen LogP) is 0.839. The molecule has 1 aromatic rings. The summed E-state index contributed by atoms with van der Waals surface area (Å²) in [4.78, 5) is 0. The van der Waals surface area contributed by atoms with Gasteiger partial charge in [-0.15, -0.1) is 0 Å². The Balaban J connectivity index is 2.17. The maximum Gasteiger partial charge on any atom is 0.178 e. The first-order chi connectivity index (χ1) is 7.72. The quantitative estimate of drug-likeness (QED) is 0.676. The van der Waals surface area contributed by atoms with E-state index >= 15 is 0 Å². The molecule has 1 rings (SSSR count). The topological polar surface area (TPSA) is 58.9 Å². The highest BCUT2D eigenvalue weighted by Gasteiger charge is 2.03. The molecule has 1 unspecified atom stereocenters. The minimum Gasteiger partial charge on any atom is -0.394 e. The zero-order valence-corrected chi connectivity index (χ0v) is 9.43. The van der Waals surface area contributed by atoms with Gasteiger partial charge in [-0.3, -0.25) is 0 Å². The Morgan fingerprint density at radius 3 is 2.56 bits per heavy atom. The molecule has 0 radical (unpaired) electrons. The fourth-order valence-electron chi connectivity index (χ4n) is 1.20. The summed E-state index contributed by atoms with van der Waals surface area (Å²) in [6.07, 6.45) is -0.974. The van der Waals surface area contributed by atoms with Crippen LogP contribution < -0.4 is 0 Å². The monoisotopic (exact) mass is 226 g/mol. The van der Waals surface area contributed by atoms with E-state index in [9.17, 15) is 5.11 Å². The SMILES string of the molecule is Cc1ccc(COCC(O)OCCO)cc1. The lowest BCUT2D eigenvalue weighted by Gasteiger charge is -2.11. The van der Waals surface area contributed by atoms with E-state index in [0.29, 0.717) is 6.61 Å². The second-order valence-electron chi connectivity index (χ2n) is 3.55. The van der Waals surface area contributed by atoms with Crippen molar-refractivity contribution in [1.82, 2.24) is 0 Å². The maximum absolute atomic E-state index is 9.24. The second kappa shape index (κ2) is 7.35. The van der Waals surface area contributed by atoms with Gasteiger partial charge in [0.1, 0.15) is 0 Å². The molecule has 0 aliphatic carbocycles. The van der Waals surface area contributed by atoms with Crippen molar-refractivity contribution in [1.29, 1.82) is 0 Å². The smallest absolute Gasteiger partial charge is 0.178 e. The van der Waals surface area contributed by atoms with Gasteiger partial charge in [0.25, 0.3) is 0 Å². The number of benzene rings is 1. The van der Waals surface area contributed by atoms with Gasteiger partial charge in [-0.05, 0) is 12.5 Å². The highest BCUT2D eigenvalue weighted by atomic mass is 16.6. The van der Waals surface area contributed by atoms with E-state index in [1.54, 1.807) is 0 Å². The van der Waals surface area contributed by atoms with Crippen molar-refractivity contribution in [2.45, 2.75) is 19.8 Å². The minimum absolute atomic E-state index is 0.102. The zero-order chi connectivity index (χ0) is 11.8. The normalized spacial score (nSPS) is 12.7. The number of aryl methyl sites for hydroxylation is 1. The van der Waals surface area contributed by atoms with Gasteiger partial charge in [-0.25, -0.2) is 0 Å². The first-order valence-electron chi connectivity index (χ1n) is 5.26. The number of rotatable bonds is 7. The van der Waals surface area contributed by atoms with Crippen molar-refractivity contribution in [3.05, 3.63) is 35.4 Å². The third kappa shape index (κ3) is 5.23. The van der Waals surface area contributed by atoms with E-state index in [1.165, 1.54) is 5.56 Å². The molecule has 0 amide bonds. The number of hydrogen-bond donors (Lipinski definition) is 2. The Kier molecular flexibility index (Phi) is 6.03. The molecule has 0 bridgehead atoms. The van der Waals surface area contributed by atoms with Crippen LogP contribution in [0.4, 0.5) is 0 Å². The predicted molar refractivity (Wildman–Crippen MR) is 59.9 cm³/mol. The van der Waals surface area contributed by atoms with Gasteiger partial charge >= 0.3 is 0 Å². The molecule has 90 valence electrons. The van der Waals surface area contributed by atoms with Crippen LogP contribution in [0, 0.1) is 6.92 Å². The van der Waals surface area contributed by atoms with Crippen LogP contribution in [0.1, 0.15) is 11.1 Å². The van der Waals surface area contributed by atoms with Gasteiger partial charge in [-0.1, -0.05) is 29.8 Å². The zero-order valence-electron chi connectivity index (χ0n) is 9.43. The highest BCUT2D eigenvalue weighted by Crippen LogP contribution is 2.04. The first-order valence-corrected chi connectivity index (χ1v) is 5.26. The summed E-state index contributed by atoms with van der Waals surface area (Å²) in [5, 5.41) is 17.7. The summed E-state index contributed by atoms with van der Waals surface area (Å²) in [6, 6.07) is 7.99. The molecule has 0 saturated carbocycles. The Morgan fingerprint density at radius 1 is 1.25 bits per heavy atom. The standard InChI is InChI=1S/C12H18O4/c1-10-2-4-11(5-3-10)8-15-9-12(14)16-7-6-13/h2-5,12-14H,6-9H2,1H3. The van der Waals surface area contributed by atoms with Gasteiger partial charge in [0, 0.05) is 0 Å². The minimum atomic E-state index is -0.974. The van der Waals surface area contributed by atoms with Crippen molar-refractivity contribution < 1.29 is 19.7 Å². The van der Waals surface area contributed by atoms with Crippen molar-refractivity contribution >= 4 is 0 Å². The van der Waals surface area contributed by atoms with Crippen molar-refractivity contribution in [3.8, 4) is 0 Å². The molecular formula is C12H18O4. The second-order valence-corrected chi connectivity index (χ2v) is 3.55. The molecule has 2 N–H and O–H groups in total. The van der Waals surface area contributed by atoms with Crippen LogP contribution in [0.3, 0.4) is 0 Å². The highest BCUT2D eigenvalue weighted by molar-refractivity contribution is 5.20. The number of ether oxygens (including phenoxy) is 2. The summed E-state index contributed by atoms with van der Waals surface area (Å²) >= 11 is 0. The van der Waals surface area contributed by atoms with Crippen molar-refractivity contribution in [2.75, 3.05) is 19.8 Å². The van der Waals surface area contributed by atoms with E-state index < -0.39 is 6.29 Å². The lowest BCUT2D eigenvalue weighted by molar-refractivity contribution is -0.145. The lowest BCUT2D eigenvalue weighted by Crippen LogP contribution is -2.20. The molecule has 0 spiro atoms. The molecule has 16 heavy (non-hydrogen) atoms. The largest absolute Gasteiger partial charge is 0.394 e. The summed E-state index contributed by atoms with van der Waals surface area (Å²) in [7, 11) is 0. The molecule has 1 atom stereocenters. The molecule has 0 aromatic heterocycles. The third-order valence-electron chi connectivity index (χ3n) is 2.05. The maximum atomic E-state index is 9.24. The van der Waals surface area contributed by atoms with Crippen LogP contribution in [-0.4, -0.2) is 36.3 Å². The average molecular weight is 226 g/mol. The summed E-state index contributed by atoms with van der Waals surface area (Å²) in [5.74, 6) is 0. The number of aliphatic hydroxyl groups is 2. The van der Waals surface area contributed by atoms with Crippen molar-refractivity contribution in [2.24, 2.45) is 0 Å². The van der Waals surface area contributed by atoms with Crippen LogP contribution in [0.25, 0.3) is 0 Å². The molecular weight excluding hydrogens is 208 g/mol. The molecule has 0 aliphatic rings. The molecule has 0 aliphatic heterocycles. The first kappa shape index (κ1) is 13.1. The number of aliphatic hydroxyl groups excluding tert-OH is 2. The molecule has 0 heterocycles. The molecule has 0 fully saturated rings. The summed E-state index contributed by atoms with van der Waals surface area (Å²) < 4.78 is 10.1. The van der Waals surface area contributed by atoms with Gasteiger partial charge in [0.15, 0.2) is 6.29 Å². The molecule has 1 aromatic carbocycles. The fourth-order valence-corrected chi connectivity index (χ4v) is 1.20. The van der Waals surface area contributed by atoms with Crippen LogP contribution in [0.15, 0.2) is 24.3 Å². The molecule has 0 saturated heterocycles. The Morgan fingerprint density at radius 2 is 1.94 bits per heavy atom. The molecule has 4 heteroatoms. The van der Waals surface area contributed by atoms with Gasteiger partial charge in [-0.2, -0.15) is 0 Å². The number of hydrogen-bond acceptors (Lipinski definition) is 4. The average Bonchev–Trinajstić information content (AvgIpc) is 2.29. The van der Waals surface area contributed by atoms with E-state index in [-0.39, 0.29) is 19.8 Å². The third-order valence-corrected chi connectivity index (χ3v) is 2.05. The van der Waals surface area contributed by atoms with E-state index in [2.05, 4.69) is 0 Å². The fraction of sp³-hybridized carbons (Fsp3) is 0.500. The Hall–Kier alpha value is -0.940.